The second-order valence-corrected chi connectivity index (χ2v) is 5.93. The molecule has 0 bridgehead atoms. The summed E-state index contributed by atoms with van der Waals surface area (Å²) in [5.74, 6) is -0.812. The van der Waals surface area contributed by atoms with E-state index in [-0.39, 0.29) is 26.3 Å². The highest BCUT2D eigenvalue weighted by Gasteiger charge is 2.06. The number of para-hydroxylation sites is 2. The minimum atomic E-state index is -0.787. The molecule has 32 heavy (non-hydrogen) atoms. The molecule has 2 N–H and O–H groups in total. The van der Waals surface area contributed by atoms with Gasteiger partial charge >= 0.3 is 24.1 Å². The van der Waals surface area contributed by atoms with Gasteiger partial charge < -0.3 is 29.6 Å². The maximum atomic E-state index is 11.5. The van der Waals surface area contributed by atoms with Crippen molar-refractivity contribution >= 4 is 24.1 Å². The van der Waals surface area contributed by atoms with Crippen molar-refractivity contribution in [1.82, 2.24) is 10.6 Å². The Morgan fingerprint density at radius 1 is 0.625 bits per heavy atom. The van der Waals surface area contributed by atoms with E-state index in [9.17, 15) is 19.2 Å². The first-order valence-electron chi connectivity index (χ1n) is 9.56. The summed E-state index contributed by atoms with van der Waals surface area (Å²) in [6, 6.07) is 16.9. The molecule has 0 fully saturated rings. The number of esters is 2. The van der Waals surface area contributed by atoms with Gasteiger partial charge in [0, 0.05) is 12.2 Å². The van der Waals surface area contributed by atoms with E-state index in [1.807, 2.05) is 0 Å². The van der Waals surface area contributed by atoms with E-state index in [2.05, 4.69) is 10.6 Å². The van der Waals surface area contributed by atoms with E-state index in [4.69, 9.17) is 18.9 Å². The fraction of sp³-hybridized carbons (Fsp3) is 0.182. The average Bonchev–Trinajstić information content (AvgIpc) is 2.79. The number of ether oxygens (including phenoxy) is 4. The van der Waals surface area contributed by atoms with Crippen LogP contribution in [0.25, 0.3) is 0 Å². The number of rotatable bonds is 10. The van der Waals surface area contributed by atoms with Gasteiger partial charge in [0.1, 0.15) is 24.7 Å². The molecule has 0 saturated heterocycles. The molecule has 2 rings (SSSR count). The fourth-order valence-electron chi connectivity index (χ4n) is 2.11. The lowest BCUT2D eigenvalue weighted by atomic mass is 10.3. The predicted octanol–water partition coefficient (Wildman–Crippen LogP) is 2.21. The van der Waals surface area contributed by atoms with Crippen molar-refractivity contribution in [2.45, 2.75) is 0 Å². The first kappa shape index (κ1) is 23.9. The summed E-state index contributed by atoms with van der Waals surface area (Å²) < 4.78 is 19.6. The molecular formula is C22H22N2O8. The summed E-state index contributed by atoms with van der Waals surface area (Å²) >= 11 is 0. The van der Waals surface area contributed by atoms with Crippen LogP contribution in [0.1, 0.15) is 0 Å². The van der Waals surface area contributed by atoms with Crippen molar-refractivity contribution in [3.05, 3.63) is 72.8 Å². The summed E-state index contributed by atoms with van der Waals surface area (Å²) in [5.41, 5.74) is 0. The predicted molar refractivity (Wildman–Crippen MR) is 112 cm³/mol. The Labute approximate surface area is 184 Å². The first-order valence-corrected chi connectivity index (χ1v) is 9.56. The highest BCUT2D eigenvalue weighted by molar-refractivity contribution is 5.91. The fourth-order valence-corrected chi connectivity index (χ4v) is 2.11. The SMILES string of the molecule is O=C(C=CC(=O)OCCNC(=O)Oc1ccccc1)OCCNC(=O)Oc1ccccc1. The van der Waals surface area contributed by atoms with E-state index in [0.717, 1.165) is 12.2 Å². The van der Waals surface area contributed by atoms with E-state index in [0.29, 0.717) is 11.5 Å². The van der Waals surface area contributed by atoms with Crippen LogP contribution in [-0.4, -0.2) is 50.4 Å². The van der Waals surface area contributed by atoms with Crippen LogP contribution in [0.15, 0.2) is 72.8 Å². The molecule has 0 heterocycles. The Kier molecular flexibility index (Phi) is 10.3. The number of carbonyl (C=O) groups is 4. The Morgan fingerprint density at radius 2 is 1.00 bits per heavy atom. The van der Waals surface area contributed by atoms with Gasteiger partial charge in [0.25, 0.3) is 0 Å². The van der Waals surface area contributed by atoms with Crippen LogP contribution >= 0.6 is 0 Å². The van der Waals surface area contributed by atoms with Crippen LogP contribution in [0, 0.1) is 0 Å². The van der Waals surface area contributed by atoms with E-state index in [1.165, 1.54) is 0 Å². The van der Waals surface area contributed by atoms with Crippen molar-refractivity contribution in [3.8, 4) is 11.5 Å². The zero-order chi connectivity index (χ0) is 23.0. The zero-order valence-corrected chi connectivity index (χ0v) is 17.0. The van der Waals surface area contributed by atoms with Crippen LogP contribution in [-0.2, 0) is 19.1 Å². The van der Waals surface area contributed by atoms with Crippen molar-refractivity contribution in [3.63, 3.8) is 0 Å². The van der Waals surface area contributed by atoms with Gasteiger partial charge in [-0.25, -0.2) is 19.2 Å². The van der Waals surface area contributed by atoms with Crippen LogP contribution in [0.2, 0.25) is 0 Å². The van der Waals surface area contributed by atoms with Gasteiger partial charge in [0.05, 0.1) is 13.1 Å². The standard InChI is InChI=1S/C22H22N2O8/c25-19(29-15-13-23-21(27)31-17-7-3-1-4-8-17)11-12-20(26)30-16-14-24-22(28)32-18-9-5-2-6-10-18/h1-12H,13-16H2,(H,23,27)(H,24,28). The summed E-state index contributed by atoms with van der Waals surface area (Å²) in [5, 5.41) is 4.82. The summed E-state index contributed by atoms with van der Waals surface area (Å²) in [6.45, 7) is -0.175. The van der Waals surface area contributed by atoms with Gasteiger partial charge in [-0.2, -0.15) is 0 Å². The Bertz CT molecular complexity index is 841. The van der Waals surface area contributed by atoms with Crippen molar-refractivity contribution in [2.75, 3.05) is 26.3 Å². The highest BCUT2D eigenvalue weighted by atomic mass is 16.6. The third-order valence-corrected chi connectivity index (χ3v) is 3.49. The number of amides is 2. The molecule has 0 aliphatic rings. The van der Waals surface area contributed by atoms with Gasteiger partial charge in [-0.1, -0.05) is 36.4 Å². The van der Waals surface area contributed by atoms with Crippen LogP contribution < -0.4 is 20.1 Å². The Balaban J connectivity index is 1.51. The second kappa shape index (κ2) is 13.8. The lowest BCUT2D eigenvalue weighted by Crippen LogP contribution is -2.30. The molecule has 10 heteroatoms. The molecule has 168 valence electrons. The number of nitrogens with one attached hydrogen (secondary N) is 2. The molecule has 10 nitrogen and oxygen atoms in total. The largest absolute Gasteiger partial charge is 0.461 e. The summed E-state index contributed by atoms with van der Waals surface area (Å²) in [4.78, 5) is 46.2. The Morgan fingerprint density at radius 3 is 1.38 bits per heavy atom. The van der Waals surface area contributed by atoms with Crippen molar-refractivity contribution in [2.24, 2.45) is 0 Å². The molecule has 0 aromatic heterocycles. The average molecular weight is 442 g/mol. The normalized spacial score (nSPS) is 10.1. The molecule has 0 saturated carbocycles. The van der Waals surface area contributed by atoms with Crippen LogP contribution in [0.5, 0.6) is 11.5 Å². The molecule has 2 aromatic rings. The lowest BCUT2D eigenvalue weighted by molar-refractivity contribution is -0.140. The maximum absolute atomic E-state index is 11.5. The lowest BCUT2D eigenvalue weighted by Gasteiger charge is -2.07. The van der Waals surface area contributed by atoms with Gasteiger partial charge in [-0.3, -0.25) is 0 Å². The monoisotopic (exact) mass is 442 g/mol. The highest BCUT2D eigenvalue weighted by Crippen LogP contribution is 2.08. The minimum Gasteiger partial charge on any atom is -0.461 e. The molecular weight excluding hydrogens is 420 g/mol. The Hall–Kier alpha value is -4.34. The smallest absolute Gasteiger partial charge is 0.412 e. The molecule has 0 unspecified atom stereocenters. The summed E-state index contributed by atoms with van der Waals surface area (Å²) in [6.07, 6.45) is 0.406. The molecule has 2 aromatic carbocycles. The quantitative estimate of drug-likeness (QED) is 0.326. The zero-order valence-electron chi connectivity index (χ0n) is 17.0. The van der Waals surface area contributed by atoms with Gasteiger partial charge in [0.2, 0.25) is 0 Å². The molecule has 0 radical (unpaired) electrons. The van der Waals surface area contributed by atoms with Crippen molar-refractivity contribution < 1.29 is 38.1 Å². The van der Waals surface area contributed by atoms with Gasteiger partial charge in [-0.15, -0.1) is 0 Å². The van der Waals surface area contributed by atoms with Crippen LogP contribution in [0.3, 0.4) is 0 Å². The minimum absolute atomic E-state index is 0.0282. The number of benzene rings is 2. The second-order valence-electron chi connectivity index (χ2n) is 5.93. The van der Waals surface area contributed by atoms with E-state index >= 15 is 0 Å². The first-order chi connectivity index (χ1) is 15.5. The van der Waals surface area contributed by atoms with Gasteiger partial charge in [0.15, 0.2) is 0 Å². The third-order valence-electron chi connectivity index (χ3n) is 3.49. The number of carbonyl (C=O) groups excluding carboxylic acids is 4. The van der Waals surface area contributed by atoms with Gasteiger partial charge in [-0.05, 0) is 24.3 Å². The molecule has 0 aliphatic carbocycles. The van der Waals surface area contributed by atoms with E-state index < -0.39 is 24.1 Å². The van der Waals surface area contributed by atoms with E-state index in [1.54, 1.807) is 60.7 Å². The topological polar surface area (TPSA) is 129 Å². The van der Waals surface area contributed by atoms with Crippen molar-refractivity contribution in [1.29, 1.82) is 0 Å². The number of hydrogen-bond donors (Lipinski definition) is 2. The molecule has 0 atom stereocenters. The van der Waals surface area contributed by atoms with Crippen LogP contribution in [0.4, 0.5) is 9.59 Å². The number of hydrogen-bond acceptors (Lipinski definition) is 8. The third kappa shape index (κ3) is 10.4. The summed E-state index contributed by atoms with van der Waals surface area (Å²) in [7, 11) is 0. The molecule has 0 aliphatic heterocycles. The molecule has 2 amide bonds. The maximum Gasteiger partial charge on any atom is 0.412 e. The molecule has 0 spiro atoms.